The molecule has 0 bridgehead atoms. The van der Waals surface area contributed by atoms with Crippen molar-refractivity contribution in [1.29, 1.82) is 0 Å². The van der Waals surface area contributed by atoms with Gasteiger partial charge in [-0.2, -0.15) is 0 Å². The number of carbonyl (C=O) groups is 2. The Morgan fingerprint density at radius 1 is 1.48 bits per heavy atom. The van der Waals surface area contributed by atoms with Crippen molar-refractivity contribution in [1.82, 2.24) is 4.90 Å². The van der Waals surface area contributed by atoms with Gasteiger partial charge in [0.25, 0.3) is 11.6 Å². The highest BCUT2D eigenvalue weighted by Gasteiger charge is 2.37. The minimum Gasteiger partial charge on any atom is -0.278 e. The van der Waals surface area contributed by atoms with Crippen molar-refractivity contribution in [2.75, 3.05) is 6.54 Å². The summed E-state index contributed by atoms with van der Waals surface area (Å²) in [5, 5.41) is 11.2. The third-order valence-corrected chi connectivity index (χ3v) is 3.96. The number of nitro benzene ring substituents is 1. The molecule has 0 aliphatic carbocycles. The normalized spacial score (nSPS) is 18.4. The fourth-order valence-electron chi connectivity index (χ4n) is 2.36. The highest BCUT2D eigenvalue weighted by atomic mass is 35.5. The molecule has 1 aromatic carbocycles. The van der Waals surface area contributed by atoms with Crippen LogP contribution in [0.4, 0.5) is 5.69 Å². The van der Waals surface area contributed by atoms with Crippen molar-refractivity contribution in [3.8, 4) is 0 Å². The molecule has 6 nitrogen and oxygen atoms in total. The number of rotatable bonds is 3. The molecule has 1 aromatic rings. The van der Waals surface area contributed by atoms with Crippen LogP contribution in [0.3, 0.4) is 0 Å². The molecule has 0 spiro atoms. The zero-order chi connectivity index (χ0) is 15.7. The molecule has 1 aliphatic heterocycles. The summed E-state index contributed by atoms with van der Waals surface area (Å²) in [6.45, 7) is 4.25. The second kappa shape index (κ2) is 5.81. The van der Waals surface area contributed by atoms with Crippen LogP contribution < -0.4 is 0 Å². The standard InChI is InChI=1S/C14H15ClN2O4/c1-8(2)9-5-13(18)16(7-9)14(19)11-6-10(15)3-4-12(11)17(20)21/h3-4,6,8-9H,5,7H2,1-2H3. The molecular formula is C14H15ClN2O4. The molecule has 112 valence electrons. The smallest absolute Gasteiger partial charge is 0.278 e. The number of amides is 2. The van der Waals surface area contributed by atoms with Crippen LogP contribution in [-0.2, 0) is 4.79 Å². The van der Waals surface area contributed by atoms with Crippen LogP contribution in [0.25, 0.3) is 0 Å². The Labute approximate surface area is 126 Å². The van der Waals surface area contributed by atoms with Crippen molar-refractivity contribution in [3.63, 3.8) is 0 Å². The molecule has 1 fully saturated rings. The lowest BCUT2D eigenvalue weighted by molar-refractivity contribution is -0.385. The van der Waals surface area contributed by atoms with E-state index in [1.807, 2.05) is 13.8 Å². The first kappa shape index (κ1) is 15.4. The Kier molecular flexibility index (Phi) is 4.27. The zero-order valence-corrected chi connectivity index (χ0v) is 12.5. The van der Waals surface area contributed by atoms with Gasteiger partial charge in [0.1, 0.15) is 5.56 Å². The van der Waals surface area contributed by atoms with Crippen molar-refractivity contribution in [2.24, 2.45) is 11.8 Å². The van der Waals surface area contributed by atoms with Crippen molar-refractivity contribution in [3.05, 3.63) is 38.9 Å². The highest BCUT2D eigenvalue weighted by Crippen LogP contribution is 2.29. The second-order valence-corrected chi connectivity index (χ2v) is 5.87. The third kappa shape index (κ3) is 3.05. The summed E-state index contributed by atoms with van der Waals surface area (Å²) < 4.78 is 0. The van der Waals surface area contributed by atoms with Gasteiger partial charge in [0.15, 0.2) is 0 Å². The van der Waals surface area contributed by atoms with Crippen LogP contribution in [0.2, 0.25) is 5.02 Å². The number of imide groups is 1. The summed E-state index contributed by atoms with van der Waals surface area (Å²) in [6.07, 6.45) is 0.289. The first-order chi connectivity index (χ1) is 9.81. The average Bonchev–Trinajstić information content (AvgIpc) is 2.79. The number of nitrogens with zero attached hydrogens (tertiary/aromatic N) is 2. The van der Waals surface area contributed by atoms with E-state index in [2.05, 4.69) is 0 Å². The van der Waals surface area contributed by atoms with Gasteiger partial charge in [-0.3, -0.25) is 24.6 Å². The Morgan fingerprint density at radius 2 is 2.14 bits per heavy atom. The van der Waals surface area contributed by atoms with Gasteiger partial charge >= 0.3 is 0 Å². The predicted molar refractivity (Wildman–Crippen MR) is 77.1 cm³/mol. The van der Waals surface area contributed by atoms with Gasteiger partial charge < -0.3 is 0 Å². The van der Waals surface area contributed by atoms with Gasteiger partial charge in [-0.25, -0.2) is 0 Å². The summed E-state index contributed by atoms with van der Waals surface area (Å²) in [6, 6.07) is 3.76. The predicted octanol–water partition coefficient (Wildman–Crippen LogP) is 2.89. The van der Waals surface area contributed by atoms with Crippen LogP contribution in [0.1, 0.15) is 30.6 Å². The van der Waals surface area contributed by atoms with Crippen LogP contribution in [-0.4, -0.2) is 28.2 Å². The second-order valence-electron chi connectivity index (χ2n) is 5.44. The first-order valence-electron chi connectivity index (χ1n) is 6.60. The van der Waals surface area contributed by atoms with E-state index >= 15 is 0 Å². The molecule has 1 heterocycles. The Balaban J connectivity index is 2.35. The molecule has 21 heavy (non-hydrogen) atoms. The van der Waals surface area contributed by atoms with Crippen LogP contribution in [0.5, 0.6) is 0 Å². The quantitative estimate of drug-likeness (QED) is 0.488. The van der Waals surface area contributed by atoms with Crippen LogP contribution in [0, 0.1) is 22.0 Å². The van der Waals surface area contributed by atoms with Crippen LogP contribution in [0.15, 0.2) is 18.2 Å². The monoisotopic (exact) mass is 310 g/mol. The number of likely N-dealkylation sites (tertiary alicyclic amines) is 1. The summed E-state index contributed by atoms with van der Waals surface area (Å²) in [5.74, 6) is -0.605. The van der Waals surface area contributed by atoms with E-state index in [0.29, 0.717) is 6.54 Å². The van der Waals surface area contributed by atoms with Gasteiger partial charge in [0.2, 0.25) is 5.91 Å². The molecular weight excluding hydrogens is 296 g/mol. The lowest BCUT2D eigenvalue weighted by Crippen LogP contribution is -2.33. The van der Waals surface area contributed by atoms with E-state index < -0.39 is 10.8 Å². The molecule has 1 aliphatic rings. The minimum atomic E-state index is -0.655. The maximum absolute atomic E-state index is 12.4. The molecule has 0 saturated carbocycles. The van der Waals surface area contributed by atoms with Crippen molar-refractivity contribution >= 4 is 29.1 Å². The fraction of sp³-hybridized carbons (Fsp3) is 0.429. The largest absolute Gasteiger partial charge is 0.282 e. The van der Waals surface area contributed by atoms with Crippen molar-refractivity contribution < 1.29 is 14.5 Å². The third-order valence-electron chi connectivity index (χ3n) is 3.73. The maximum Gasteiger partial charge on any atom is 0.282 e. The number of halogens is 1. The lowest BCUT2D eigenvalue weighted by atomic mass is 9.95. The van der Waals surface area contributed by atoms with E-state index in [4.69, 9.17) is 11.6 Å². The molecule has 0 aromatic heterocycles. The summed E-state index contributed by atoms with van der Waals surface area (Å²) in [5.41, 5.74) is -0.490. The van der Waals surface area contributed by atoms with E-state index in [9.17, 15) is 19.7 Å². The van der Waals surface area contributed by atoms with E-state index in [-0.39, 0.29) is 40.4 Å². The maximum atomic E-state index is 12.4. The number of hydrogen-bond donors (Lipinski definition) is 0. The molecule has 1 atom stereocenters. The van der Waals surface area contributed by atoms with Crippen molar-refractivity contribution in [2.45, 2.75) is 20.3 Å². The molecule has 7 heteroatoms. The van der Waals surface area contributed by atoms with Gasteiger partial charge in [0.05, 0.1) is 4.92 Å². The molecule has 1 unspecified atom stereocenters. The number of benzene rings is 1. The molecule has 2 amide bonds. The highest BCUT2D eigenvalue weighted by molar-refractivity contribution is 6.31. The Bertz CT molecular complexity index is 615. The van der Waals surface area contributed by atoms with E-state index in [1.54, 1.807) is 0 Å². The van der Waals surface area contributed by atoms with E-state index in [1.165, 1.54) is 18.2 Å². The molecule has 1 saturated heterocycles. The Morgan fingerprint density at radius 3 is 2.67 bits per heavy atom. The minimum absolute atomic E-state index is 0.0830. The van der Waals surface area contributed by atoms with Crippen LogP contribution >= 0.6 is 11.6 Å². The number of nitro groups is 1. The first-order valence-corrected chi connectivity index (χ1v) is 6.97. The summed E-state index contributed by atoms with van der Waals surface area (Å²) in [7, 11) is 0. The zero-order valence-electron chi connectivity index (χ0n) is 11.7. The lowest BCUT2D eigenvalue weighted by Gasteiger charge is -2.16. The van der Waals surface area contributed by atoms with Gasteiger partial charge in [-0.15, -0.1) is 0 Å². The van der Waals surface area contributed by atoms with E-state index in [0.717, 1.165) is 4.90 Å². The Hall–Kier alpha value is -1.95. The molecule has 2 rings (SSSR count). The average molecular weight is 311 g/mol. The molecule has 0 N–H and O–H groups in total. The topological polar surface area (TPSA) is 80.5 Å². The van der Waals surface area contributed by atoms with Gasteiger partial charge in [-0.1, -0.05) is 25.4 Å². The number of hydrogen-bond acceptors (Lipinski definition) is 4. The number of carbonyl (C=O) groups excluding carboxylic acids is 2. The van der Waals surface area contributed by atoms with Gasteiger partial charge in [-0.05, 0) is 24.0 Å². The summed E-state index contributed by atoms with van der Waals surface area (Å²) in [4.78, 5) is 35.9. The molecule has 0 radical (unpaired) electrons. The fourth-order valence-corrected chi connectivity index (χ4v) is 2.53. The SMILES string of the molecule is CC(C)C1CC(=O)N(C(=O)c2cc(Cl)ccc2[N+](=O)[O-])C1. The van der Waals surface area contributed by atoms with Gasteiger partial charge in [0, 0.05) is 24.1 Å². The summed E-state index contributed by atoms with van der Waals surface area (Å²) >= 11 is 5.81.